The summed E-state index contributed by atoms with van der Waals surface area (Å²) in [7, 11) is 1.69. The maximum Gasteiger partial charge on any atom is 0.161 e. The van der Waals surface area contributed by atoms with Crippen LogP contribution < -0.4 is 14.8 Å². The zero-order valence-corrected chi connectivity index (χ0v) is 18.8. The molecule has 2 rings (SSSR count). The summed E-state index contributed by atoms with van der Waals surface area (Å²) in [6, 6.07) is 16.3. The van der Waals surface area contributed by atoms with Gasteiger partial charge in [-0.05, 0) is 55.9 Å². The van der Waals surface area contributed by atoms with Crippen molar-refractivity contribution in [3.05, 3.63) is 59.7 Å². The predicted octanol–water partition coefficient (Wildman–Crippen LogP) is 4.94. The number of rotatable bonds is 12. The molecule has 0 saturated carbocycles. The zero-order valence-electron chi connectivity index (χ0n) is 17.1. The van der Waals surface area contributed by atoms with E-state index in [4.69, 9.17) is 9.47 Å². The SMILES string of the molecule is CCN(CC)CCCNCc1ccc(OCc2ccccc2)c(OC)c1.Cl.Cl. The molecule has 158 valence electrons. The third-order valence-electron chi connectivity index (χ3n) is 4.52. The van der Waals surface area contributed by atoms with Crippen LogP contribution in [0.4, 0.5) is 0 Å². The van der Waals surface area contributed by atoms with E-state index in [0.717, 1.165) is 56.2 Å². The molecule has 4 nitrogen and oxygen atoms in total. The van der Waals surface area contributed by atoms with Crippen molar-refractivity contribution in [1.29, 1.82) is 0 Å². The van der Waals surface area contributed by atoms with Crippen molar-refractivity contribution in [3.63, 3.8) is 0 Å². The molecule has 1 N–H and O–H groups in total. The molecule has 0 aromatic heterocycles. The molecular formula is C22H34Cl2N2O2. The van der Waals surface area contributed by atoms with Gasteiger partial charge in [-0.25, -0.2) is 0 Å². The first-order valence-corrected chi connectivity index (χ1v) is 9.53. The van der Waals surface area contributed by atoms with Crippen molar-refractivity contribution < 1.29 is 9.47 Å². The van der Waals surface area contributed by atoms with Crippen LogP contribution in [0.15, 0.2) is 48.5 Å². The van der Waals surface area contributed by atoms with Crippen molar-refractivity contribution in [2.75, 3.05) is 33.3 Å². The maximum atomic E-state index is 5.91. The Morgan fingerprint density at radius 3 is 2.25 bits per heavy atom. The average molecular weight is 429 g/mol. The number of nitrogens with one attached hydrogen (secondary N) is 1. The molecular weight excluding hydrogens is 395 g/mol. The second kappa shape index (κ2) is 15.5. The molecule has 0 atom stereocenters. The molecule has 0 aliphatic rings. The summed E-state index contributed by atoms with van der Waals surface area (Å²) in [4.78, 5) is 2.45. The summed E-state index contributed by atoms with van der Waals surface area (Å²) in [6.45, 7) is 10.2. The summed E-state index contributed by atoms with van der Waals surface area (Å²) >= 11 is 0. The van der Waals surface area contributed by atoms with Crippen LogP contribution in [0.25, 0.3) is 0 Å². The minimum atomic E-state index is 0. The van der Waals surface area contributed by atoms with Crippen LogP contribution >= 0.6 is 24.8 Å². The van der Waals surface area contributed by atoms with Gasteiger partial charge >= 0.3 is 0 Å². The molecule has 28 heavy (non-hydrogen) atoms. The van der Waals surface area contributed by atoms with Gasteiger partial charge in [0.15, 0.2) is 11.5 Å². The van der Waals surface area contributed by atoms with Crippen molar-refractivity contribution in [3.8, 4) is 11.5 Å². The Labute approximate surface area is 182 Å². The maximum absolute atomic E-state index is 5.91. The molecule has 0 aliphatic heterocycles. The highest BCUT2D eigenvalue weighted by Crippen LogP contribution is 2.28. The largest absolute Gasteiger partial charge is 0.493 e. The summed E-state index contributed by atoms with van der Waals surface area (Å²) in [6.07, 6.45) is 1.16. The van der Waals surface area contributed by atoms with Gasteiger partial charge in [0.2, 0.25) is 0 Å². The minimum Gasteiger partial charge on any atom is -0.493 e. The Hall–Kier alpha value is -1.46. The monoisotopic (exact) mass is 428 g/mol. The van der Waals surface area contributed by atoms with Gasteiger partial charge in [0.1, 0.15) is 6.61 Å². The fraction of sp³-hybridized carbons (Fsp3) is 0.455. The first-order valence-electron chi connectivity index (χ1n) is 9.53. The van der Waals surface area contributed by atoms with E-state index in [-0.39, 0.29) is 24.8 Å². The Morgan fingerprint density at radius 2 is 1.61 bits per heavy atom. The van der Waals surface area contributed by atoms with Gasteiger partial charge in [-0.1, -0.05) is 50.2 Å². The first-order chi connectivity index (χ1) is 12.8. The quantitative estimate of drug-likeness (QED) is 0.485. The average Bonchev–Trinajstić information content (AvgIpc) is 2.70. The highest BCUT2D eigenvalue weighted by atomic mass is 35.5. The van der Waals surface area contributed by atoms with Crippen molar-refractivity contribution >= 4 is 24.8 Å². The van der Waals surface area contributed by atoms with Gasteiger partial charge in [-0.2, -0.15) is 0 Å². The van der Waals surface area contributed by atoms with Gasteiger partial charge in [-0.15, -0.1) is 24.8 Å². The van der Waals surface area contributed by atoms with E-state index in [1.54, 1.807) is 7.11 Å². The molecule has 0 saturated heterocycles. The lowest BCUT2D eigenvalue weighted by Gasteiger charge is -2.17. The van der Waals surface area contributed by atoms with Crippen LogP contribution in [0.3, 0.4) is 0 Å². The topological polar surface area (TPSA) is 33.7 Å². The number of benzene rings is 2. The van der Waals surface area contributed by atoms with Crippen molar-refractivity contribution in [2.45, 2.75) is 33.4 Å². The number of nitrogens with zero attached hydrogens (tertiary/aromatic N) is 1. The number of halogens is 2. The lowest BCUT2D eigenvalue weighted by molar-refractivity contribution is 0.284. The van der Waals surface area contributed by atoms with Crippen LogP contribution in [0.2, 0.25) is 0 Å². The van der Waals surface area contributed by atoms with Crippen molar-refractivity contribution in [2.24, 2.45) is 0 Å². The third kappa shape index (κ3) is 9.16. The Balaban J connectivity index is 0.00000364. The summed E-state index contributed by atoms with van der Waals surface area (Å²) in [5.74, 6) is 1.56. The molecule has 0 bridgehead atoms. The van der Waals surface area contributed by atoms with E-state index in [1.165, 1.54) is 5.56 Å². The highest BCUT2D eigenvalue weighted by molar-refractivity contribution is 5.85. The molecule has 0 spiro atoms. The van der Waals surface area contributed by atoms with E-state index in [1.807, 2.05) is 24.3 Å². The van der Waals surface area contributed by atoms with Gasteiger partial charge in [-0.3, -0.25) is 0 Å². The van der Waals surface area contributed by atoms with E-state index in [9.17, 15) is 0 Å². The normalized spacial score (nSPS) is 10.1. The predicted molar refractivity (Wildman–Crippen MR) is 122 cm³/mol. The summed E-state index contributed by atoms with van der Waals surface area (Å²) in [5.41, 5.74) is 2.35. The van der Waals surface area contributed by atoms with Crippen LogP contribution in [0.1, 0.15) is 31.4 Å². The van der Waals surface area contributed by atoms with Crippen LogP contribution in [0, 0.1) is 0 Å². The van der Waals surface area contributed by atoms with Gasteiger partial charge < -0.3 is 19.7 Å². The lowest BCUT2D eigenvalue weighted by Crippen LogP contribution is -2.27. The van der Waals surface area contributed by atoms with E-state index < -0.39 is 0 Å². The van der Waals surface area contributed by atoms with E-state index in [2.05, 4.69) is 48.3 Å². The molecule has 2 aromatic carbocycles. The molecule has 0 radical (unpaired) electrons. The van der Waals surface area contributed by atoms with Crippen molar-refractivity contribution in [1.82, 2.24) is 10.2 Å². The second-order valence-corrected chi connectivity index (χ2v) is 6.32. The summed E-state index contributed by atoms with van der Waals surface area (Å²) < 4.78 is 11.4. The molecule has 0 heterocycles. The summed E-state index contributed by atoms with van der Waals surface area (Å²) in [5, 5.41) is 3.51. The number of hydrogen-bond donors (Lipinski definition) is 1. The van der Waals surface area contributed by atoms with Gasteiger partial charge in [0.25, 0.3) is 0 Å². The Morgan fingerprint density at radius 1 is 0.893 bits per heavy atom. The molecule has 0 fully saturated rings. The first kappa shape index (κ1) is 26.5. The fourth-order valence-corrected chi connectivity index (χ4v) is 2.88. The number of ether oxygens (including phenoxy) is 2. The molecule has 0 amide bonds. The Bertz CT molecular complexity index is 638. The number of methoxy groups -OCH3 is 1. The molecule has 0 unspecified atom stereocenters. The number of hydrogen-bond acceptors (Lipinski definition) is 4. The molecule has 0 aliphatic carbocycles. The minimum absolute atomic E-state index is 0. The lowest BCUT2D eigenvalue weighted by atomic mass is 10.2. The van der Waals surface area contributed by atoms with Crippen LogP contribution in [-0.2, 0) is 13.2 Å². The highest BCUT2D eigenvalue weighted by Gasteiger charge is 2.06. The third-order valence-corrected chi connectivity index (χ3v) is 4.52. The smallest absolute Gasteiger partial charge is 0.161 e. The zero-order chi connectivity index (χ0) is 18.6. The Kier molecular flexibility index (Phi) is 14.7. The van der Waals surface area contributed by atoms with Gasteiger partial charge in [0.05, 0.1) is 7.11 Å². The molecule has 6 heteroatoms. The van der Waals surface area contributed by atoms with Crippen LogP contribution in [-0.4, -0.2) is 38.2 Å². The van der Waals surface area contributed by atoms with Crippen LogP contribution in [0.5, 0.6) is 11.5 Å². The molecule has 2 aromatic rings. The van der Waals surface area contributed by atoms with E-state index >= 15 is 0 Å². The van der Waals surface area contributed by atoms with Gasteiger partial charge in [0, 0.05) is 6.54 Å². The second-order valence-electron chi connectivity index (χ2n) is 6.32. The fourth-order valence-electron chi connectivity index (χ4n) is 2.88. The standard InChI is InChI=1S/C22H32N2O2.2ClH/c1-4-24(5-2)15-9-14-23-17-20-12-13-21(22(16-20)25-3)26-18-19-10-7-6-8-11-19;;/h6-8,10-13,16,23H,4-5,9,14-15,17-18H2,1-3H3;2*1H. The van der Waals surface area contributed by atoms with E-state index in [0.29, 0.717) is 6.61 Å².